The van der Waals surface area contributed by atoms with E-state index in [1.165, 1.54) is 0 Å². The molecule has 2 atom stereocenters. The molecule has 1 rings (SSSR count). The van der Waals surface area contributed by atoms with Gasteiger partial charge in [0.1, 0.15) is 5.67 Å². The first-order chi connectivity index (χ1) is 6.63. The van der Waals surface area contributed by atoms with Crippen molar-refractivity contribution in [3.05, 3.63) is 0 Å². The van der Waals surface area contributed by atoms with Crippen LogP contribution in [0.25, 0.3) is 0 Å². The molecule has 2 unspecified atom stereocenters. The number of aliphatic hydroxyl groups is 2. The van der Waals surface area contributed by atoms with Gasteiger partial charge in [0, 0.05) is 0 Å². The number of rotatable bonds is 5. The first-order valence-corrected chi connectivity index (χ1v) is 5.51. The molecule has 14 heavy (non-hydrogen) atoms. The molecule has 0 saturated carbocycles. The molecule has 8 heteroatoms. The first kappa shape index (κ1) is 11.1. The Morgan fingerprint density at radius 3 is 2.79 bits per heavy atom. The van der Waals surface area contributed by atoms with E-state index in [0.29, 0.717) is 0 Å². The van der Waals surface area contributed by atoms with E-state index in [9.17, 15) is 9.59 Å². The van der Waals surface area contributed by atoms with Crippen molar-refractivity contribution in [3.63, 3.8) is 0 Å². The molecule has 0 bridgehead atoms. The molecule has 0 aromatic heterocycles. The number of aliphatic hydroxyl groups excluding tert-OH is 2. The standard InChI is InChI=1S/C6H12N2O5Si/c9-1-3(10)2-13-14-5-4(11)7-6(12)8-5/h3,5,9-10H,1-2,14H2,(H2,7,8,11,12). The Morgan fingerprint density at radius 2 is 2.29 bits per heavy atom. The van der Waals surface area contributed by atoms with Gasteiger partial charge in [-0.05, 0) is 0 Å². The van der Waals surface area contributed by atoms with Crippen molar-refractivity contribution in [1.29, 1.82) is 0 Å². The number of hydrogen-bond donors (Lipinski definition) is 4. The minimum absolute atomic E-state index is 0.0115. The first-order valence-electron chi connectivity index (χ1n) is 4.11. The molecule has 1 aliphatic heterocycles. The van der Waals surface area contributed by atoms with Crippen molar-refractivity contribution in [2.24, 2.45) is 0 Å². The van der Waals surface area contributed by atoms with E-state index >= 15 is 0 Å². The van der Waals surface area contributed by atoms with E-state index in [-0.39, 0.29) is 19.1 Å². The van der Waals surface area contributed by atoms with Gasteiger partial charge in [-0.15, -0.1) is 0 Å². The van der Waals surface area contributed by atoms with Gasteiger partial charge in [0.2, 0.25) is 5.91 Å². The van der Waals surface area contributed by atoms with E-state index in [1.807, 2.05) is 0 Å². The van der Waals surface area contributed by atoms with Gasteiger partial charge in [0.15, 0.2) is 9.76 Å². The average Bonchev–Trinajstić information content (AvgIpc) is 2.45. The number of urea groups is 1. The quantitative estimate of drug-likeness (QED) is 0.285. The minimum Gasteiger partial charge on any atom is -0.419 e. The van der Waals surface area contributed by atoms with Crippen LogP contribution in [0.2, 0.25) is 0 Å². The van der Waals surface area contributed by atoms with Crippen molar-refractivity contribution in [3.8, 4) is 0 Å². The highest BCUT2D eigenvalue weighted by atomic mass is 28.2. The molecule has 0 radical (unpaired) electrons. The number of amides is 3. The Balaban J connectivity index is 2.19. The zero-order chi connectivity index (χ0) is 10.6. The fourth-order valence-electron chi connectivity index (χ4n) is 0.951. The third-order valence-corrected chi connectivity index (χ3v) is 3.04. The molecule has 1 aliphatic rings. The van der Waals surface area contributed by atoms with Gasteiger partial charge in [-0.2, -0.15) is 0 Å². The molecule has 80 valence electrons. The van der Waals surface area contributed by atoms with E-state index in [4.69, 9.17) is 14.6 Å². The number of imide groups is 1. The Labute approximate surface area is 82.4 Å². The lowest BCUT2D eigenvalue weighted by Gasteiger charge is -2.10. The van der Waals surface area contributed by atoms with Crippen LogP contribution in [0, 0.1) is 0 Å². The Kier molecular flexibility index (Phi) is 4.01. The van der Waals surface area contributed by atoms with Gasteiger partial charge in [-0.3, -0.25) is 10.1 Å². The molecule has 0 aromatic carbocycles. The fraction of sp³-hybridized carbons (Fsp3) is 0.667. The molecule has 0 aromatic rings. The minimum atomic E-state index is -1.26. The second-order valence-corrected chi connectivity index (χ2v) is 4.45. The molecule has 0 aliphatic carbocycles. The maximum atomic E-state index is 11.0. The molecular weight excluding hydrogens is 208 g/mol. The van der Waals surface area contributed by atoms with Crippen molar-refractivity contribution in [1.82, 2.24) is 10.6 Å². The van der Waals surface area contributed by atoms with Crippen LogP contribution in [0.5, 0.6) is 0 Å². The van der Waals surface area contributed by atoms with Gasteiger partial charge in [0.05, 0.1) is 19.3 Å². The lowest BCUT2D eigenvalue weighted by Crippen LogP contribution is -2.38. The van der Waals surface area contributed by atoms with Crippen LogP contribution in [0.4, 0.5) is 4.79 Å². The van der Waals surface area contributed by atoms with Crippen molar-refractivity contribution < 1.29 is 24.2 Å². The summed E-state index contributed by atoms with van der Waals surface area (Å²) in [5, 5.41) is 21.8. The van der Waals surface area contributed by atoms with E-state index < -0.39 is 27.6 Å². The van der Waals surface area contributed by atoms with Gasteiger partial charge in [-0.25, -0.2) is 4.79 Å². The fourth-order valence-corrected chi connectivity index (χ4v) is 2.12. The van der Waals surface area contributed by atoms with Crippen LogP contribution in [0.3, 0.4) is 0 Å². The summed E-state index contributed by atoms with van der Waals surface area (Å²) in [5.41, 5.74) is -0.576. The predicted molar refractivity (Wildman–Crippen MR) is 48.1 cm³/mol. The summed E-state index contributed by atoms with van der Waals surface area (Å²) in [6.45, 7) is -0.389. The summed E-state index contributed by atoms with van der Waals surface area (Å²) in [7, 11) is -1.26. The zero-order valence-electron chi connectivity index (χ0n) is 7.40. The second-order valence-electron chi connectivity index (χ2n) is 2.89. The number of carbonyl (C=O) groups is 2. The van der Waals surface area contributed by atoms with Crippen LogP contribution < -0.4 is 10.6 Å². The highest BCUT2D eigenvalue weighted by molar-refractivity contribution is 6.40. The van der Waals surface area contributed by atoms with Crippen LogP contribution in [0.1, 0.15) is 0 Å². The molecular formula is C6H12N2O5Si. The van der Waals surface area contributed by atoms with E-state index in [1.54, 1.807) is 0 Å². The Hall–Kier alpha value is -0.963. The maximum Gasteiger partial charge on any atom is 0.321 e. The summed E-state index contributed by atoms with van der Waals surface area (Å²) >= 11 is 0. The van der Waals surface area contributed by atoms with Gasteiger partial charge in [0.25, 0.3) is 0 Å². The average molecular weight is 220 g/mol. The smallest absolute Gasteiger partial charge is 0.321 e. The Morgan fingerprint density at radius 1 is 1.57 bits per heavy atom. The third kappa shape index (κ3) is 3.07. The lowest BCUT2D eigenvalue weighted by atomic mass is 10.4. The summed E-state index contributed by atoms with van der Waals surface area (Å²) in [5.74, 6) is -0.389. The van der Waals surface area contributed by atoms with Crippen molar-refractivity contribution >= 4 is 21.7 Å². The van der Waals surface area contributed by atoms with Crippen molar-refractivity contribution in [2.45, 2.75) is 11.8 Å². The molecule has 1 heterocycles. The van der Waals surface area contributed by atoms with Crippen molar-refractivity contribution in [2.75, 3.05) is 13.2 Å². The lowest BCUT2D eigenvalue weighted by molar-refractivity contribution is -0.118. The topological polar surface area (TPSA) is 108 Å². The highest BCUT2D eigenvalue weighted by Crippen LogP contribution is 1.92. The summed E-state index contributed by atoms with van der Waals surface area (Å²) in [6.07, 6.45) is -0.928. The SMILES string of the molecule is O=C1NC(=O)C([SiH2]OCC(O)CO)N1. The zero-order valence-corrected chi connectivity index (χ0v) is 8.81. The predicted octanol–water partition coefficient (Wildman–Crippen LogP) is -3.39. The summed E-state index contributed by atoms with van der Waals surface area (Å²) < 4.78 is 5.04. The normalized spacial score (nSPS) is 24.0. The molecule has 1 saturated heterocycles. The highest BCUT2D eigenvalue weighted by Gasteiger charge is 2.29. The van der Waals surface area contributed by atoms with Gasteiger partial charge in [-0.1, -0.05) is 0 Å². The maximum absolute atomic E-state index is 11.0. The van der Waals surface area contributed by atoms with E-state index in [2.05, 4.69) is 10.6 Å². The number of carbonyl (C=O) groups excluding carboxylic acids is 2. The van der Waals surface area contributed by atoms with Gasteiger partial charge >= 0.3 is 6.03 Å². The number of nitrogens with one attached hydrogen (secondary N) is 2. The molecule has 1 fully saturated rings. The largest absolute Gasteiger partial charge is 0.419 e. The summed E-state index contributed by atoms with van der Waals surface area (Å²) in [4.78, 5) is 21.6. The molecule has 4 N–H and O–H groups in total. The van der Waals surface area contributed by atoms with Gasteiger partial charge < -0.3 is 20.0 Å². The van der Waals surface area contributed by atoms with Crippen LogP contribution in [0.15, 0.2) is 0 Å². The van der Waals surface area contributed by atoms with E-state index in [0.717, 1.165) is 0 Å². The molecule has 0 spiro atoms. The van der Waals surface area contributed by atoms with Crippen LogP contribution >= 0.6 is 0 Å². The Bertz CT molecular complexity index is 236. The molecule has 7 nitrogen and oxygen atoms in total. The number of hydrogen-bond acceptors (Lipinski definition) is 5. The van der Waals surface area contributed by atoms with Crippen LogP contribution in [-0.4, -0.2) is 56.9 Å². The monoisotopic (exact) mass is 220 g/mol. The van der Waals surface area contributed by atoms with Crippen LogP contribution in [-0.2, 0) is 9.22 Å². The summed E-state index contributed by atoms with van der Waals surface area (Å²) in [6, 6.07) is -0.515. The third-order valence-electron chi connectivity index (χ3n) is 1.66. The second kappa shape index (κ2) is 5.05. The molecule has 3 amide bonds.